The Bertz CT molecular complexity index is 636. The van der Waals surface area contributed by atoms with Gasteiger partial charge in [-0.15, -0.1) is 0 Å². The minimum absolute atomic E-state index is 0.0387. The summed E-state index contributed by atoms with van der Waals surface area (Å²) < 4.78 is 6.90. The molecule has 124 valence electrons. The van der Waals surface area contributed by atoms with Crippen LogP contribution in [0.15, 0.2) is 16.2 Å². The SMILES string of the molecule is C=NC=Nc1c(CN)c(C#N)cn1C1COC(CO)C(O)C1O. The van der Waals surface area contributed by atoms with E-state index < -0.39 is 31.0 Å². The van der Waals surface area contributed by atoms with Crippen molar-refractivity contribution >= 4 is 18.9 Å². The molecule has 4 unspecified atom stereocenters. The van der Waals surface area contributed by atoms with Crippen molar-refractivity contribution in [2.75, 3.05) is 13.2 Å². The highest BCUT2D eigenvalue weighted by Crippen LogP contribution is 2.33. The van der Waals surface area contributed by atoms with E-state index in [2.05, 4.69) is 16.7 Å². The van der Waals surface area contributed by atoms with Crippen molar-refractivity contribution < 1.29 is 20.1 Å². The van der Waals surface area contributed by atoms with Gasteiger partial charge in [-0.25, -0.2) is 4.99 Å². The lowest BCUT2D eigenvalue weighted by Crippen LogP contribution is -2.51. The lowest BCUT2D eigenvalue weighted by Gasteiger charge is -2.37. The number of rotatable bonds is 5. The van der Waals surface area contributed by atoms with Gasteiger partial charge in [-0.2, -0.15) is 5.26 Å². The summed E-state index contributed by atoms with van der Waals surface area (Å²) in [5.74, 6) is 0.346. The Labute approximate surface area is 133 Å². The maximum Gasteiger partial charge on any atom is 0.140 e. The minimum Gasteiger partial charge on any atom is -0.394 e. The van der Waals surface area contributed by atoms with Crippen LogP contribution in [0.3, 0.4) is 0 Å². The summed E-state index contributed by atoms with van der Waals surface area (Å²) in [5.41, 5.74) is 6.50. The Balaban J connectivity index is 2.46. The van der Waals surface area contributed by atoms with Crippen LogP contribution in [0.4, 0.5) is 5.82 Å². The fourth-order valence-corrected chi connectivity index (χ4v) is 2.62. The summed E-state index contributed by atoms with van der Waals surface area (Å²) in [6, 6.07) is 1.34. The van der Waals surface area contributed by atoms with Crippen LogP contribution in [0.5, 0.6) is 0 Å². The largest absolute Gasteiger partial charge is 0.394 e. The van der Waals surface area contributed by atoms with Gasteiger partial charge in [-0.3, -0.25) is 4.99 Å². The second-order valence-electron chi connectivity index (χ2n) is 5.10. The first kappa shape index (κ1) is 17.3. The fourth-order valence-electron chi connectivity index (χ4n) is 2.62. The maximum atomic E-state index is 10.3. The molecule has 9 nitrogen and oxygen atoms in total. The number of aliphatic hydroxyl groups excluding tert-OH is 3. The standard InChI is InChI=1S/C14H19N5O4/c1-17-7-18-14-9(3-16)8(2-15)4-19(14)10-6-23-11(5-20)13(22)12(10)21/h4,7,10-13,20-22H,1,3,5-6,16H2. The zero-order chi connectivity index (χ0) is 17.0. The molecule has 1 aromatic rings. The van der Waals surface area contributed by atoms with Gasteiger partial charge in [-0.1, -0.05) is 0 Å². The topological polar surface area (TPSA) is 149 Å². The Morgan fingerprint density at radius 3 is 2.83 bits per heavy atom. The molecule has 0 spiro atoms. The Kier molecular flexibility index (Phi) is 5.59. The normalized spacial score (nSPS) is 28.0. The summed E-state index contributed by atoms with van der Waals surface area (Å²) >= 11 is 0. The number of nitrogens with zero attached hydrogens (tertiary/aromatic N) is 4. The predicted octanol–water partition coefficient (Wildman–Crippen LogP) is -1.17. The van der Waals surface area contributed by atoms with Crippen LogP contribution in [-0.4, -0.2) is 64.5 Å². The Hall–Kier alpha value is -2.09. The van der Waals surface area contributed by atoms with E-state index in [1.807, 2.05) is 6.07 Å². The molecule has 1 aromatic heterocycles. The quantitative estimate of drug-likeness (QED) is 0.396. The maximum absolute atomic E-state index is 10.3. The van der Waals surface area contributed by atoms with Gasteiger partial charge in [0.1, 0.15) is 36.5 Å². The zero-order valence-corrected chi connectivity index (χ0v) is 12.4. The number of nitriles is 1. The molecule has 0 amide bonds. The van der Waals surface area contributed by atoms with Crippen molar-refractivity contribution in [3.05, 3.63) is 17.3 Å². The Morgan fingerprint density at radius 1 is 1.52 bits per heavy atom. The van der Waals surface area contributed by atoms with Gasteiger partial charge < -0.3 is 30.4 Å². The molecule has 1 aliphatic rings. The highest BCUT2D eigenvalue weighted by atomic mass is 16.5. The van der Waals surface area contributed by atoms with Gasteiger partial charge in [-0.05, 0) is 6.72 Å². The highest BCUT2D eigenvalue weighted by Gasteiger charge is 2.40. The number of nitrogens with two attached hydrogens (primary N) is 1. The lowest BCUT2D eigenvalue weighted by atomic mass is 9.98. The number of aliphatic imine (C=N–C) groups is 2. The molecule has 4 atom stereocenters. The van der Waals surface area contributed by atoms with Gasteiger partial charge >= 0.3 is 0 Å². The Morgan fingerprint density at radius 2 is 2.26 bits per heavy atom. The molecule has 9 heteroatoms. The molecular weight excluding hydrogens is 302 g/mol. The number of ether oxygens (including phenoxy) is 1. The van der Waals surface area contributed by atoms with Crippen molar-refractivity contribution in [1.29, 1.82) is 5.26 Å². The van der Waals surface area contributed by atoms with Gasteiger partial charge in [0.25, 0.3) is 0 Å². The third-order valence-electron chi connectivity index (χ3n) is 3.84. The molecule has 0 aliphatic carbocycles. The molecule has 2 heterocycles. The van der Waals surface area contributed by atoms with Crippen molar-refractivity contribution in [1.82, 2.24) is 4.57 Å². The van der Waals surface area contributed by atoms with Crippen LogP contribution < -0.4 is 5.73 Å². The molecule has 0 radical (unpaired) electrons. The molecule has 2 rings (SSSR count). The average molecular weight is 321 g/mol. The molecule has 23 heavy (non-hydrogen) atoms. The van der Waals surface area contributed by atoms with E-state index in [-0.39, 0.29) is 13.2 Å². The molecule has 1 aliphatic heterocycles. The first-order valence-electron chi connectivity index (χ1n) is 6.99. The second-order valence-corrected chi connectivity index (χ2v) is 5.10. The molecule has 0 aromatic carbocycles. The smallest absolute Gasteiger partial charge is 0.140 e. The van der Waals surface area contributed by atoms with E-state index in [0.717, 1.165) is 0 Å². The van der Waals surface area contributed by atoms with Crippen LogP contribution in [0.25, 0.3) is 0 Å². The molecule has 1 fully saturated rings. The van der Waals surface area contributed by atoms with Crippen LogP contribution in [0, 0.1) is 11.3 Å². The first-order valence-corrected chi connectivity index (χ1v) is 6.99. The van der Waals surface area contributed by atoms with Gasteiger partial charge in [0.05, 0.1) is 24.8 Å². The molecule has 5 N–H and O–H groups in total. The molecule has 1 saturated heterocycles. The summed E-state index contributed by atoms with van der Waals surface area (Å²) in [4.78, 5) is 7.65. The third kappa shape index (κ3) is 3.17. The van der Waals surface area contributed by atoms with Crippen molar-refractivity contribution in [2.24, 2.45) is 15.7 Å². The summed E-state index contributed by atoms with van der Waals surface area (Å²) in [7, 11) is 0. The lowest BCUT2D eigenvalue weighted by molar-refractivity contribution is -0.169. The van der Waals surface area contributed by atoms with Crippen LogP contribution >= 0.6 is 0 Å². The summed E-state index contributed by atoms with van der Waals surface area (Å²) in [6.45, 7) is 3.01. The van der Waals surface area contributed by atoms with E-state index >= 15 is 0 Å². The van der Waals surface area contributed by atoms with E-state index in [1.165, 1.54) is 17.1 Å². The number of hydrogen-bond donors (Lipinski definition) is 4. The van der Waals surface area contributed by atoms with Crippen molar-refractivity contribution in [3.8, 4) is 6.07 Å². The van der Waals surface area contributed by atoms with Crippen molar-refractivity contribution in [3.63, 3.8) is 0 Å². The van der Waals surface area contributed by atoms with Gasteiger partial charge in [0.15, 0.2) is 0 Å². The zero-order valence-electron chi connectivity index (χ0n) is 12.4. The van der Waals surface area contributed by atoms with Crippen LogP contribution in [-0.2, 0) is 11.3 Å². The molecular formula is C14H19N5O4. The number of hydrogen-bond acceptors (Lipinski definition) is 7. The van der Waals surface area contributed by atoms with Crippen LogP contribution in [0.2, 0.25) is 0 Å². The third-order valence-corrected chi connectivity index (χ3v) is 3.84. The van der Waals surface area contributed by atoms with Crippen molar-refractivity contribution in [2.45, 2.75) is 30.9 Å². The fraction of sp³-hybridized carbons (Fsp3) is 0.500. The van der Waals surface area contributed by atoms with E-state index in [4.69, 9.17) is 15.6 Å². The van der Waals surface area contributed by atoms with Crippen LogP contribution in [0.1, 0.15) is 17.2 Å². The summed E-state index contributed by atoms with van der Waals surface area (Å²) in [6.07, 6.45) is -0.613. The monoisotopic (exact) mass is 321 g/mol. The molecule has 0 bridgehead atoms. The van der Waals surface area contributed by atoms with Gasteiger partial charge in [0, 0.05) is 18.3 Å². The first-order chi connectivity index (χ1) is 11.1. The van der Waals surface area contributed by atoms with E-state index in [0.29, 0.717) is 16.9 Å². The van der Waals surface area contributed by atoms with Gasteiger partial charge in [0.2, 0.25) is 0 Å². The molecule has 0 saturated carbocycles. The minimum atomic E-state index is -1.26. The average Bonchev–Trinajstić information content (AvgIpc) is 2.92. The summed E-state index contributed by atoms with van der Waals surface area (Å²) in [5, 5.41) is 38.7. The number of aromatic nitrogens is 1. The highest BCUT2D eigenvalue weighted by molar-refractivity contribution is 5.68. The predicted molar refractivity (Wildman–Crippen MR) is 82.6 cm³/mol. The van der Waals surface area contributed by atoms with E-state index in [9.17, 15) is 15.5 Å². The van der Waals surface area contributed by atoms with E-state index in [1.54, 1.807) is 0 Å². The number of aliphatic hydroxyl groups is 3. The second kappa shape index (κ2) is 7.45.